The number of amides is 1. The number of aromatic nitrogens is 1. The molecule has 1 N–H and O–H groups in total. The number of rotatable bonds is 5. The van der Waals surface area contributed by atoms with Crippen molar-refractivity contribution in [3.8, 4) is 5.75 Å². The third-order valence-corrected chi connectivity index (χ3v) is 5.97. The summed E-state index contributed by atoms with van der Waals surface area (Å²) in [5.74, 6) is -1.03. The number of anilines is 1. The van der Waals surface area contributed by atoms with Crippen molar-refractivity contribution < 1.29 is 19.4 Å². The smallest absolute Gasteiger partial charge is 0.300 e. The summed E-state index contributed by atoms with van der Waals surface area (Å²) < 4.78 is 5.68. The van der Waals surface area contributed by atoms with Crippen LogP contribution in [0.2, 0.25) is 0 Å². The zero-order chi connectivity index (χ0) is 24.5. The fourth-order valence-electron chi connectivity index (χ4n) is 4.47. The molecule has 6 nitrogen and oxygen atoms in total. The van der Waals surface area contributed by atoms with E-state index < -0.39 is 17.7 Å². The number of Topliss-reactive ketones (excluding diaryl/α,β-unsaturated/α-hetero) is 1. The van der Waals surface area contributed by atoms with Gasteiger partial charge >= 0.3 is 0 Å². The summed E-state index contributed by atoms with van der Waals surface area (Å²) in [5, 5.41) is 13.1. The number of ether oxygens (including phenoxy) is 1. The minimum absolute atomic E-state index is 0.00560. The maximum Gasteiger partial charge on any atom is 0.300 e. The normalized spacial score (nSPS) is 17.3. The first kappa shape index (κ1) is 22.3. The molecule has 1 atom stereocenters. The molecule has 1 aliphatic heterocycles. The lowest BCUT2D eigenvalue weighted by Gasteiger charge is -2.26. The average Bonchev–Trinajstić information content (AvgIpc) is 3.14. The third-order valence-electron chi connectivity index (χ3n) is 5.97. The molecule has 1 aliphatic rings. The van der Waals surface area contributed by atoms with Gasteiger partial charge in [0.25, 0.3) is 11.7 Å². The van der Waals surface area contributed by atoms with Gasteiger partial charge in [-0.1, -0.05) is 42.5 Å². The predicted molar refractivity (Wildman–Crippen MR) is 135 cm³/mol. The summed E-state index contributed by atoms with van der Waals surface area (Å²) in [7, 11) is 0. The summed E-state index contributed by atoms with van der Waals surface area (Å²) in [6, 6.07) is 22.8. The Labute approximate surface area is 203 Å². The lowest BCUT2D eigenvalue weighted by atomic mass is 9.96. The molecule has 2 heterocycles. The van der Waals surface area contributed by atoms with Crippen molar-refractivity contribution >= 4 is 33.9 Å². The molecule has 0 aliphatic carbocycles. The molecule has 4 aromatic rings. The second kappa shape index (κ2) is 9.06. The Bertz CT molecular complexity index is 1440. The van der Waals surface area contributed by atoms with Crippen LogP contribution < -0.4 is 9.64 Å². The fraction of sp³-hybridized carbons (Fsp3) is 0.138. The molecule has 0 saturated carbocycles. The molecule has 0 bridgehead atoms. The van der Waals surface area contributed by atoms with Crippen LogP contribution in [-0.2, 0) is 9.59 Å². The van der Waals surface area contributed by atoms with Gasteiger partial charge in [0.05, 0.1) is 23.4 Å². The Morgan fingerprint density at radius 2 is 1.69 bits per heavy atom. The van der Waals surface area contributed by atoms with Gasteiger partial charge < -0.3 is 9.84 Å². The van der Waals surface area contributed by atoms with E-state index in [4.69, 9.17) is 4.74 Å². The highest BCUT2D eigenvalue weighted by Gasteiger charge is 2.47. The van der Waals surface area contributed by atoms with E-state index in [0.717, 1.165) is 10.8 Å². The second-order valence-corrected chi connectivity index (χ2v) is 8.64. The lowest BCUT2D eigenvalue weighted by molar-refractivity contribution is -0.132. The van der Waals surface area contributed by atoms with Gasteiger partial charge in [-0.15, -0.1) is 0 Å². The van der Waals surface area contributed by atoms with Gasteiger partial charge in [0.2, 0.25) is 0 Å². The molecule has 1 aromatic heterocycles. The van der Waals surface area contributed by atoms with Crippen LogP contribution in [0, 0.1) is 0 Å². The van der Waals surface area contributed by atoms with Crippen molar-refractivity contribution in [3.63, 3.8) is 0 Å². The van der Waals surface area contributed by atoms with Crippen LogP contribution in [0.4, 0.5) is 5.69 Å². The number of fused-ring (bicyclic) bond motifs is 1. The van der Waals surface area contributed by atoms with Gasteiger partial charge in [0.1, 0.15) is 11.5 Å². The summed E-state index contributed by atoms with van der Waals surface area (Å²) in [4.78, 5) is 32.5. The topological polar surface area (TPSA) is 79.7 Å². The predicted octanol–water partition coefficient (Wildman–Crippen LogP) is 5.65. The molecule has 1 saturated heterocycles. The number of ketones is 1. The first-order valence-electron chi connectivity index (χ1n) is 11.4. The molecule has 5 rings (SSSR count). The minimum atomic E-state index is -0.832. The first-order valence-corrected chi connectivity index (χ1v) is 11.4. The molecule has 174 valence electrons. The molecule has 1 unspecified atom stereocenters. The van der Waals surface area contributed by atoms with Crippen LogP contribution >= 0.6 is 0 Å². The van der Waals surface area contributed by atoms with E-state index in [2.05, 4.69) is 4.98 Å². The number of aliphatic hydroxyl groups is 1. The summed E-state index contributed by atoms with van der Waals surface area (Å²) in [6.45, 7) is 3.85. The SMILES string of the molecule is CC(C)Oc1ccc(/C(O)=C2\C(=O)C(=O)N(c3cccc4ccccc34)C2c2cccnc2)cc1. The largest absolute Gasteiger partial charge is 0.507 e. The zero-order valence-corrected chi connectivity index (χ0v) is 19.4. The van der Waals surface area contributed by atoms with Gasteiger partial charge in [0.15, 0.2) is 0 Å². The quantitative estimate of drug-likeness (QED) is 0.235. The number of carbonyl (C=O) groups excluding carboxylic acids is 2. The molecular weight excluding hydrogens is 440 g/mol. The van der Waals surface area contributed by atoms with Crippen LogP contribution in [-0.4, -0.2) is 27.9 Å². The van der Waals surface area contributed by atoms with Crippen molar-refractivity contribution in [2.75, 3.05) is 4.90 Å². The number of carbonyl (C=O) groups is 2. The number of pyridine rings is 1. The highest BCUT2D eigenvalue weighted by molar-refractivity contribution is 6.52. The molecule has 3 aromatic carbocycles. The Kier molecular flexibility index (Phi) is 5.79. The van der Waals surface area contributed by atoms with E-state index in [0.29, 0.717) is 22.6 Å². The van der Waals surface area contributed by atoms with E-state index in [1.807, 2.05) is 56.3 Å². The van der Waals surface area contributed by atoms with Gasteiger partial charge in [-0.05, 0) is 61.2 Å². The van der Waals surface area contributed by atoms with Gasteiger partial charge in [0, 0.05) is 23.3 Å². The maximum atomic E-state index is 13.4. The Balaban J connectivity index is 1.69. The molecule has 0 radical (unpaired) electrons. The van der Waals surface area contributed by atoms with Crippen LogP contribution in [0.5, 0.6) is 5.75 Å². The summed E-state index contributed by atoms with van der Waals surface area (Å²) in [6.07, 6.45) is 3.24. The Morgan fingerprint density at radius 1 is 0.943 bits per heavy atom. The molecule has 6 heteroatoms. The maximum absolute atomic E-state index is 13.4. The third kappa shape index (κ3) is 4.04. The van der Waals surface area contributed by atoms with Gasteiger partial charge in [-0.3, -0.25) is 19.5 Å². The molecule has 0 spiro atoms. The van der Waals surface area contributed by atoms with E-state index in [9.17, 15) is 14.7 Å². The Hall–Kier alpha value is -4.45. The van der Waals surface area contributed by atoms with E-state index in [1.165, 1.54) is 4.90 Å². The van der Waals surface area contributed by atoms with Crippen LogP contribution in [0.1, 0.15) is 31.0 Å². The summed E-state index contributed by atoms with van der Waals surface area (Å²) in [5.41, 5.74) is 1.67. The number of aliphatic hydroxyl groups excluding tert-OH is 1. The van der Waals surface area contributed by atoms with Crippen molar-refractivity contribution in [2.24, 2.45) is 0 Å². The molecule has 35 heavy (non-hydrogen) atoms. The van der Waals surface area contributed by atoms with Crippen LogP contribution in [0.3, 0.4) is 0 Å². The second-order valence-electron chi connectivity index (χ2n) is 8.64. The average molecular weight is 465 g/mol. The number of hydrogen-bond acceptors (Lipinski definition) is 5. The molecule has 1 amide bonds. The first-order chi connectivity index (χ1) is 17.0. The number of benzene rings is 3. The minimum Gasteiger partial charge on any atom is -0.507 e. The van der Waals surface area contributed by atoms with Gasteiger partial charge in [-0.25, -0.2) is 0 Å². The van der Waals surface area contributed by atoms with Crippen molar-refractivity contribution in [2.45, 2.75) is 26.0 Å². The van der Waals surface area contributed by atoms with Crippen LogP contribution in [0.25, 0.3) is 16.5 Å². The van der Waals surface area contributed by atoms with E-state index >= 15 is 0 Å². The van der Waals surface area contributed by atoms with Crippen molar-refractivity contribution in [3.05, 3.63) is 108 Å². The standard InChI is InChI=1S/C29H24N2O4/c1-18(2)35-22-14-12-20(13-15-22)27(32)25-26(21-9-6-16-30-17-21)31(29(34)28(25)33)24-11-5-8-19-7-3-4-10-23(19)24/h3-18,26,32H,1-2H3/b27-25+. The molecule has 1 fully saturated rings. The fourth-order valence-corrected chi connectivity index (χ4v) is 4.47. The number of nitrogens with zero attached hydrogens (tertiary/aromatic N) is 2. The van der Waals surface area contributed by atoms with Crippen molar-refractivity contribution in [1.82, 2.24) is 4.98 Å². The monoisotopic (exact) mass is 464 g/mol. The highest BCUT2D eigenvalue weighted by Crippen LogP contribution is 2.44. The molecular formula is C29H24N2O4. The van der Waals surface area contributed by atoms with Crippen LogP contribution in [0.15, 0.2) is 96.8 Å². The van der Waals surface area contributed by atoms with E-state index in [-0.39, 0.29) is 17.4 Å². The Morgan fingerprint density at radius 3 is 2.40 bits per heavy atom. The lowest BCUT2D eigenvalue weighted by Crippen LogP contribution is -2.29. The van der Waals surface area contributed by atoms with Gasteiger partial charge in [-0.2, -0.15) is 0 Å². The van der Waals surface area contributed by atoms with Crippen molar-refractivity contribution in [1.29, 1.82) is 0 Å². The summed E-state index contributed by atoms with van der Waals surface area (Å²) >= 11 is 0. The highest BCUT2D eigenvalue weighted by atomic mass is 16.5. The zero-order valence-electron chi connectivity index (χ0n) is 19.4. The number of hydrogen-bond donors (Lipinski definition) is 1. The van der Waals surface area contributed by atoms with E-state index in [1.54, 1.807) is 48.8 Å².